The normalized spacial score (nSPS) is 16.2. The molecule has 1 aromatic rings. The van der Waals surface area contributed by atoms with Crippen molar-refractivity contribution in [2.75, 3.05) is 13.7 Å². The summed E-state index contributed by atoms with van der Waals surface area (Å²) < 4.78 is 11.2. The van der Waals surface area contributed by atoms with Crippen molar-refractivity contribution < 1.29 is 9.47 Å². The van der Waals surface area contributed by atoms with Gasteiger partial charge < -0.3 is 14.8 Å². The van der Waals surface area contributed by atoms with Crippen LogP contribution >= 0.6 is 0 Å². The maximum atomic E-state index is 5.75. The van der Waals surface area contributed by atoms with Gasteiger partial charge in [0.2, 0.25) is 0 Å². The van der Waals surface area contributed by atoms with E-state index in [9.17, 15) is 0 Å². The summed E-state index contributed by atoms with van der Waals surface area (Å²) in [7, 11) is 1.70. The van der Waals surface area contributed by atoms with Crippen molar-refractivity contribution in [2.45, 2.75) is 58.6 Å². The molecule has 1 aliphatic rings. The highest BCUT2D eigenvalue weighted by Gasteiger charge is 2.13. The van der Waals surface area contributed by atoms with Crippen LogP contribution < -0.4 is 14.8 Å². The lowest BCUT2D eigenvalue weighted by molar-refractivity contribution is 0.230. The Balaban J connectivity index is 1.85. The first-order chi connectivity index (χ1) is 10.2. The molecule has 0 heterocycles. The molecule has 3 heteroatoms. The predicted octanol–water partition coefficient (Wildman–Crippen LogP) is 4.15. The van der Waals surface area contributed by atoms with Gasteiger partial charge in [0, 0.05) is 6.54 Å². The number of nitrogens with one attached hydrogen (secondary N) is 1. The Bertz CT molecular complexity index is 425. The molecule has 1 aromatic carbocycles. The lowest BCUT2D eigenvalue weighted by Crippen LogP contribution is -2.24. The fourth-order valence-electron chi connectivity index (χ4n) is 2.99. The smallest absolute Gasteiger partial charge is 0.161 e. The lowest BCUT2D eigenvalue weighted by Gasteiger charge is -2.22. The van der Waals surface area contributed by atoms with E-state index in [2.05, 4.69) is 17.4 Å². The van der Waals surface area contributed by atoms with Crippen molar-refractivity contribution in [3.8, 4) is 11.5 Å². The van der Waals surface area contributed by atoms with Crippen molar-refractivity contribution >= 4 is 0 Å². The Hall–Kier alpha value is -1.22. The second-order valence-corrected chi connectivity index (χ2v) is 6.29. The summed E-state index contributed by atoms with van der Waals surface area (Å²) in [5, 5.41) is 3.59. The second kappa shape index (κ2) is 8.28. The maximum Gasteiger partial charge on any atom is 0.161 e. The molecular formula is C18H29NO2. The third kappa shape index (κ3) is 5.24. The van der Waals surface area contributed by atoms with Crippen LogP contribution in [0.15, 0.2) is 18.2 Å². The summed E-state index contributed by atoms with van der Waals surface area (Å²) in [5.74, 6) is 2.51. The Morgan fingerprint density at radius 2 is 1.90 bits per heavy atom. The summed E-state index contributed by atoms with van der Waals surface area (Å²) in [6.07, 6.45) is 7.16. The van der Waals surface area contributed by atoms with Crippen molar-refractivity contribution in [2.24, 2.45) is 5.92 Å². The van der Waals surface area contributed by atoms with Crippen LogP contribution in [0.2, 0.25) is 0 Å². The molecule has 0 amide bonds. The molecule has 1 aliphatic carbocycles. The fourth-order valence-corrected chi connectivity index (χ4v) is 2.99. The highest BCUT2D eigenvalue weighted by atomic mass is 16.5. The quantitative estimate of drug-likeness (QED) is 0.818. The van der Waals surface area contributed by atoms with Gasteiger partial charge in [0.1, 0.15) is 0 Å². The summed E-state index contributed by atoms with van der Waals surface area (Å²) in [5.41, 5.74) is 1.25. The number of ether oxygens (including phenoxy) is 2. The predicted molar refractivity (Wildman–Crippen MR) is 87.0 cm³/mol. The van der Waals surface area contributed by atoms with Crippen molar-refractivity contribution in [3.63, 3.8) is 0 Å². The van der Waals surface area contributed by atoms with Gasteiger partial charge in [-0.15, -0.1) is 0 Å². The Morgan fingerprint density at radius 1 is 1.14 bits per heavy atom. The molecule has 1 fully saturated rings. The molecule has 0 atom stereocenters. The molecule has 0 aromatic heterocycles. The second-order valence-electron chi connectivity index (χ2n) is 6.29. The fraction of sp³-hybridized carbons (Fsp3) is 0.667. The van der Waals surface area contributed by atoms with Crippen LogP contribution in [0.25, 0.3) is 0 Å². The monoisotopic (exact) mass is 291 g/mol. The summed E-state index contributed by atoms with van der Waals surface area (Å²) >= 11 is 0. The Labute approximate surface area is 129 Å². The van der Waals surface area contributed by atoms with Crippen LogP contribution in [0.5, 0.6) is 11.5 Å². The van der Waals surface area contributed by atoms with E-state index in [0.29, 0.717) is 0 Å². The van der Waals surface area contributed by atoms with Gasteiger partial charge in [-0.25, -0.2) is 0 Å². The molecule has 0 bridgehead atoms. The van der Waals surface area contributed by atoms with Crippen LogP contribution in [-0.4, -0.2) is 19.8 Å². The van der Waals surface area contributed by atoms with E-state index in [4.69, 9.17) is 9.47 Å². The maximum absolute atomic E-state index is 5.75. The summed E-state index contributed by atoms with van der Waals surface area (Å²) in [6, 6.07) is 6.20. The van der Waals surface area contributed by atoms with Gasteiger partial charge in [-0.05, 0) is 56.8 Å². The van der Waals surface area contributed by atoms with E-state index in [0.717, 1.165) is 30.5 Å². The van der Waals surface area contributed by atoms with Crippen LogP contribution in [-0.2, 0) is 6.54 Å². The third-order valence-electron chi connectivity index (χ3n) is 4.08. The van der Waals surface area contributed by atoms with Crippen molar-refractivity contribution in [3.05, 3.63) is 23.8 Å². The molecule has 0 spiro atoms. The standard InChI is InChI=1S/C18H29NO2/c1-14(2)21-17-10-9-16(11-18(17)20-3)13-19-12-15-7-5-4-6-8-15/h9-11,14-15,19H,4-8,12-13H2,1-3H3. The van der Waals surface area contributed by atoms with Gasteiger partial charge in [-0.3, -0.25) is 0 Å². The number of hydrogen-bond donors (Lipinski definition) is 1. The minimum absolute atomic E-state index is 0.161. The van der Waals surface area contributed by atoms with Gasteiger partial charge in [-0.1, -0.05) is 25.3 Å². The molecule has 3 nitrogen and oxygen atoms in total. The largest absolute Gasteiger partial charge is 0.493 e. The first-order valence-corrected chi connectivity index (χ1v) is 8.23. The zero-order chi connectivity index (χ0) is 15.1. The average Bonchev–Trinajstić information content (AvgIpc) is 2.49. The van der Waals surface area contributed by atoms with Gasteiger partial charge in [0.05, 0.1) is 13.2 Å². The van der Waals surface area contributed by atoms with Gasteiger partial charge in [-0.2, -0.15) is 0 Å². The molecular weight excluding hydrogens is 262 g/mol. The van der Waals surface area contributed by atoms with Crippen molar-refractivity contribution in [1.82, 2.24) is 5.32 Å². The molecule has 2 rings (SSSR count). The number of methoxy groups -OCH3 is 1. The number of rotatable bonds is 7. The highest BCUT2D eigenvalue weighted by molar-refractivity contribution is 5.43. The molecule has 118 valence electrons. The first-order valence-electron chi connectivity index (χ1n) is 8.23. The minimum atomic E-state index is 0.161. The summed E-state index contributed by atoms with van der Waals surface area (Å²) in [4.78, 5) is 0. The molecule has 0 aliphatic heterocycles. The molecule has 1 saturated carbocycles. The van der Waals surface area contributed by atoms with Crippen LogP contribution in [0.4, 0.5) is 0 Å². The SMILES string of the molecule is COc1cc(CNCC2CCCCC2)ccc1OC(C)C. The Morgan fingerprint density at radius 3 is 2.57 bits per heavy atom. The zero-order valence-corrected chi connectivity index (χ0v) is 13.7. The van der Waals surface area contributed by atoms with Gasteiger partial charge in [0.25, 0.3) is 0 Å². The Kier molecular flexibility index (Phi) is 6.37. The van der Waals surface area contributed by atoms with Gasteiger partial charge >= 0.3 is 0 Å². The van der Waals surface area contributed by atoms with Crippen LogP contribution in [0.1, 0.15) is 51.5 Å². The van der Waals surface area contributed by atoms with Crippen LogP contribution in [0.3, 0.4) is 0 Å². The topological polar surface area (TPSA) is 30.5 Å². The molecule has 1 N–H and O–H groups in total. The molecule has 21 heavy (non-hydrogen) atoms. The highest BCUT2D eigenvalue weighted by Crippen LogP contribution is 2.29. The lowest BCUT2D eigenvalue weighted by atomic mass is 9.89. The molecule has 0 unspecified atom stereocenters. The first kappa shape index (κ1) is 16.2. The van der Waals surface area contributed by atoms with Gasteiger partial charge in [0.15, 0.2) is 11.5 Å². The molecule has 0 radical (unpaired) electrons. The number of benzene rings is 1. The van der Waals surface area contributed by atoms with Crippen molar-refractivity contribution in [1.29, 1.82) is 0 Å². The van der Waals surface area contributed by atoms with E-state index < -0.39 is 0 Å². The van der Waals surface area contributed by atoms with E-state index in [1.54, 1.807) is 7.11 Å². The number of hydrogen-bond acceptors (Lipinski definition) is 3. The minimum Gasteiger partial charge on any atom is -0.493 e. The van der Waals surface area contributed by atoms with E-state index in [1.807, 2.05) is 19.9 Å². The molecule has 0 saturated heterocycles. The van der Waals surface area contributed by atoms with E-state index in [-0.39, 0.29) is 6.10 Å². The third-order valence-corrected chi connectivity index (χ3v) is 4.08. The van der Waals surface area contributed by atoms with Crippen LogP contribution in [0, 0.1) is 5.92 Å². The van der Waals surface area contributed by atoms with E-state index >= 15 is 0 Å². The zero-order valence-electron chi connectivity index (χ0n) is 13.7. The summed E-state index contributed by atoms with van der Waals surface area (Å²) in [6.45, 7) is 6.08. The van der Waals surface area contributed by atoms with E-state index in [1.165, 1.54) is 37.7 Å². The average molecular weight is 291 g/mol.